The first-order valence-corrected chi connectivity index (χ1v) is 8.51. The largest absolute Gasteiger partial charge is 0.454 e. The van der Waals surface area contributed by atoms with Gasteiger partial charge in [0.05, 0.1) is 0 Å². The van der Waals surface area contributed by atoms with Crippen molar-refractivity contribution in [2.24, 2.45) is 0 Å². The lowest BCUT2D eigenvalue weighted by Gasteiger charge is -2.09. The molecule has 3 aromatic rings. The molecule has 0 saturated carbocycles. The molecule has 0 saturated heterocycles. The number of rotatable bonds is 4. The van der Waals surface area contributed by atoms with Crippen molar-refractivity contribution >= 4 is 11.7 Å². The van der Waals surface area contributed by atoms with E-state index >= 15 is 0 Å². The fourth-order valence-corrected chi connectivity index (χ4v) is 2.70. The minimum absolute atomic E-state index is 0.232. The Morgan fingerprint density at radius 3 is 2.70 bits per heavy atom. The molecule has 1 aliphatic rings. The molecule has 7 heteroatoms. The van der Waals surface area contributed by atoms with Gasteiger partial charge in [0.25, 0.3) is 0 Å². The van der Waals surface area contributed by atoms with E-state index in [9.17, 15) is 4.79 Å². The minimum atomic E-state index is -0.285. The zero-order valence-electron chi connectivity index (χ0n) is 14.7. The third-order valence-electron chi connectivity index (χ3n) is 4.09. The Morgan fingerprint density at radius 2 is 1.89 bits per heavy atom. The Kier molecular flexibility index (Phi) is 4.57. The number of carbonyl (C=O) groups excluding carboxylic acids is 1. The highest BCUT2D eigenvalue weighted by Gasteiger charge is 2.13. The van der Waals surface area contributed by atoms with E-state index in [1.807, 2.05) is 55.5 Å². The summed E-state index contributed by atoms with van der Waals surface area (Å²) in [7, 11) is 0. The first kappa shape index (κ1) is 16.8. The molecule has 0 unspecified atom stereocenters. The fourth-order valence-electron chi connectivity index (χ4n) is 2.70. The van der Waals surface area contributed by atoms with Crippen molar-refractivity contribution in [1.29, 1.82) is 0 Å². The number of nitrogens with one attached hydrogen (secondary N) is 2. The summed E-state index contributed by atoms with van der Waals surface area (Å²) in [6.45, 7) is 2.54. The monoisotopic (exact) mass is 362 g/mol. The molecule has 136 valence electrons. The molecule has 1 aliphatic heterocycles. The zero-order chi connectivity index (χ0) is 18.6. The number of urea groups is 1. The smallest absolute Gasteiger partial charge is 0.319 e. The second kappa shape index (κ2) is 7.33. The van der Waals surface area contributed by atoms with Crippen LogP contribution in [0.5, 0.6) is 11.5 Å². The van der Waals surface area contributed by atoms with Crippen LogP contribution in [-0.4, -0.2) is 22.8 Å². The number of fused-ring (bicyclic) bond motifs is 1. The van der Waals surface area contributed by atoms with Crippen LogP contribution < -0.4 is 20.1 Å². The van der Waals surface area contributed by atoms with Gasteiger partial charge in [-0.1, -0.05) is 6.07 Å². The number of aryl methyl sites for hydroxylation is 1. The SMILES string of the molecule is Cc1ccnc(-c2ccc(NC(=O)NCc3ccc4c(c3)OCO4)cc2)n1. The minimum Gasteiger partial charge on any atom is -0.454 e. The number of anilines is 1. The van der Waals surface area contributed by atoms with Gasteiger partial charge in [-0.15, -0.1) is 0 Å². The molecule has 4 rings (SSSR count). The van der Waals surface area contributed by atoms with Gasteiger partial charge in [-0.2, -0.15) is 0 Å². The molecule has 0 atom stereocenters. The van der Waals surface area contributed by atoms with Gasteiger partial charge >= 0.3 is 6.03 Å². The highest BCUT2D eigenvalue weighted by atomic mass is 16.7. The van der Waals surface area contributed by atoms with Crippen molar-refractivity contribution in [1.82, 2.24) is 15.3 Å². The van der Waals surface area contributed by atoms with E-state index in [4.69, 9.17) is 9.47 Å². The van der Waals surface area contributed by atoms with Gasteiger partial charge in [-0.3, -0.25) is 0 Å². The van der Waals surface area contributed by atoms with Crippen LogP contribution in [0.25, 0.3) is 11.4 Å². The Hall–Kier alpha value is -3.61. The Bertz CT molecular complexity index is 973. The van der Waals surface area contributed by atoms with Crippen LogP contribution in [0.2, 0.25) is 0 Å². The quantitative estimate of drug-likeness (QED) is 0.742. The standard InChI is InChI=1S/C20H18N4O3/c1-13-8-9-21-19(23-13)15-3-5-16(6-4-15)24-20(25)22-11-14-2-7-17-18(10-14)27-12-26-17/h2-10H,11-12H2,1H3,(H2,22,24,25). The molecule has 0 bridgehead atoms. The van der Waals surface area contributed by atoms with Crippen molar-refractivity contribution in [3.8, 4) is 22.9 Å². The summed E-state index contributed by atoms with van der Waals surface area (Å²) in [5.74, 6) is 2.08. The molecule has 0 aliphatic carbocycles. The molecule has 0 spiro atoms. The molecule has 2 N–H and O–H groups in total. The van der Waals surface area contributed by atoms with Crippen LogP contribution in [-0.2, 0) is 6.54 Å². The number of hydrogen-bond donors (Lipinski definition) is 2. The molecule has 7 nitrogen and oxygen atoms in total. The summed E-state index contributed by atoms with van der Waals surface area (Å²) >= 11 is 0. The first-order valence-electron chi connectivity index (χ1n) is 8.51. The molecular formula is C20H18N4O3. The van der Waals surface area contributed by atoms with Crippen LogP contribution in [0.4, 0.5) is 10.5 Å². The van der Waals surface area contributed by atoms with Crippen LogP contribution in [0.3, 0.4) is 0 Å². The van der Waals surface area contributed by atoms with Gasteiger partial charge in [-0.25, -0.2) is 14.8 Å². The zero-order valence-corrected chi connectivity index (χ0v) is 14.7. The number of nitrogens with zero attached hydrogens (tertiary/aromatic N) is 2. The van der Waals surface area contributed by atoms with Crippen LogP contribution in [0.1, 0.15) is 11.3 Å². The van der Waals surface area contributed by atoms with Crippen molar-refractivity contribution in [3.05, 3.63) is 66.0 Å². The van der Waals surface area contributed by atoms with Crippen molar-refractivity contribution in [2.75, 3.05) is 12.1 Å². The number of benzene rings is 2. The predicted molar refractivity (Wildman–Crippen MR) is 101 cm³/mol. The van der Waals surface area contributed by atoms with Crippen LogP contribution in [0, 0.1) is 6.92 Å². The van der Waals surface area contributed by atoms with Crippen LogP contribution >= 0.6 is 0 Å². The average Bonchev–Trinajstić information content (AvgIpc) is 3.15. The van der Waals surface area contributed by atoms with E-state index in [0.717, 1.165) is 22.6 Å². The number of ether oxygens (including phenoxy) is 2. The highest BCUT2D eigenvalue weighted by molar-refractivity contribution is 5.89. The van der Waals surface area contributed by atoms with Gasteiger partial charge in [0.2, 0.25) is 6.79 Å². The van der Waals surface area contributed by atoms with E-state index in [1.54, 1.807) is 6.20 Å². The molecule has 0 fully saturated rings. The summed E-state index contributed by atoms with van der Waals surface area (Å²) in [6, 6.07) is 14.6. The predicted octanol–water partition coefficient (Wildman–Crippen LogP) is 3.50. The molecule has 2 heterocycles. The molecule has 2 amide bonds. The maximum atomic E-state index is 12.1. The molecule has 27 heavy (non-hydrogen) atoms. The molecular weight excluding hydrogens is 344 g/mol. The second-order valence-electron chi connectivity index (χ2n) is 6.09. The summed E-state index contributed by atoms with van der Waals surface area (Å²) in [6.07, 6.45) is 1.73. The Balaban J connectivity index is 1.34. The molecule has 1 aromatic heterocycles. The number of amides is 2. The summed E-state index contributed by atoms with van der Waals surface area (Å²) in [5, 5.41) is 5.63. The van der Waals surface area contributed by atoms with Crippen LogP contribution in [0.15, 0.2) is 54.7 Å². The highest BCUT2D eigenvalue weighted by Crippen LogP contribution is 2.32. The number of carbonyl (C=O) groups is 1. The average molecular weight is 362 g/mol. The lowest BCUT2D eigenvalue weighted by atomic mass is 10.2. The van der Waals surface area contributed by atoms with Gasteiger partial charge in [0.1, 0.15) is 0 Å². The first-order chi connectivity index (χ1) is 13.2. The summed E-state index contributed by atoms with van der Waals surface area (Å²) in [4.78, 5) is 20.8. The van der Waals surface area contributed by atoms with Crippen molar-refractivity contribution < 1.29 is 14.3 Å². The lowest BCUT2D eigenvalue weighted by molar-refractivity contribution is 0.174. The van der Waals surface area contributed by atoms with E-state index in [0.29, 0.717) is 23.8 Å². The third-order valence-corrected chi connectivity index (χ3v) is 4.09. The second-order valence-corrected chi connectivity index (χ2v) is 6.09. The van der Waals surface area contributed by atoms with Gasteiger partial charge in [0.15, 0.2) is 17.3 Å². The fraction of sp³-hybridized carbons (Fsp3) is 0.150. The lowest BCUT2D eigenvalue weighted by Crippen LogP contribution is -2.28. The summed E-state index contributed by atoms with van der Waals surface area (Å²) in [5.41, 5.74) is 3.42. The summed E-state index contributed by atoms with van der Waals surface area (Å²) < 4.78 is 10.6. The molecule has 0 radical (unpaired) electrons. The Morgan fingerprint density at radius 1 is 1.07 bits per heavy atom. The van der Waals surface area contributed by atoms with Crippen molar-refractivity contribution in [3.63, 3.8) is 0 Å². The third kappa shape index (κ3) is 3.98. The number of aromatic nitrogens is 2. The van der Waals surface area contributed by atoms with Gasteiger partial charge in [0, 0.05) is 29.7 Å². The topological polar surface area (TPSA) is 85.4 Å². The van der Waals surface area contributed by atoms with E-state index in [2.05, 4.69) is 20.6 Å². The van der Waals surface area contributed by atoms with E-state index in [1.165, 1.54) is 0 Å². The van der Waals surface area contributed by atoms with E-state index < -0.39 is 0 Å². The van der Waals surface area contributed by atoms with Gasteiger partial charge < -0.3 is 20.1 Å². The maximum Gasteiger partial charge on any atom is 0.319 e. The maximum absolute atomic E-state index is 12.1. The normalized spacial score (nSPS) is 11.9. The molecule has 2 aromatic carbocycles. The van der Waals surface area contributed by atoms with Gasteiger partial charge in [-0.05, 0) is 55.0 Å². The van der Waals surface area contributed by atoms with Crippen molar-refractivity contribution in [2.45, 2.75) is 13.5 Å². The number of hydrogen-bond acceptors (Lipinski definition) is 5. The Labute approximate surface area is 156 Å². The van der Waals surface area contributed by atoms with E-state index in [-0.39, 0.29) is 12.8 Å².